The van der Waals surface area contributed by atoms with Crippen molar-refractivity contribution in [3.05, 3.63) is 316 Å². The lowest BCUT2D eigenvalue weighted by atomic mass is 9.83. The van der Waals surface area contributed by atoms with Gasteiger partial charge in [-0.1, -0.05) is 214 Å². The van der Waals surface area contributed by atoms with Crippen molar-refractivity contribution in [2.75, 3.05) is 0 Å². The van der Waals surface area contributed by atoms with Gasteiger partial charge < -0.3 is 56.8 Å². The van der Waals surface area contributed by atoms with E-state index in [0.717, 1.165) is 150 Å². The molecular formula is C120H108O24. The van der Waals surface area contributed by atoms with E-state index in [0.29, 0.717) is 33.4 Å². The summed E-state index contributed by atoms with van der Waals surface area (Å²) in [5, 5.41) is 8.29. The Labute approximate surface area is 837 Å². The molecule has 1 aliphatic carbocycles. The molecule has 1 saturated carbocycles. The molecule has 1 aliphatic rings. The maximum Gasteiger partial charge on any atom is 0.308 e. The number of benzene rings is 12. The van der Waals surface area contributed by atoms with Crippen LogP contribution in [0.3, 0.4) is 0 Å². The Morgan fingerprint density at radius 2 is 0.278 bits per heavy atom. The van der Waals surface area contributed by atoms with Crippen molar-refractivity contribution in [1.29, 1.82) is 0 Å². The summed E-state index contributed by atoms with van der Waals surface area (Å²) in [4.78, 5) is 140. The molecule has 0 spiro atoms. The van der Waals surface area contributed by atoms with Gasteiger partial charge in [0.2, 0.25) is 34.5 Å². The summed E-state index contributed by atoms with van der Waals surface area (Å²) < 4.78 is 60.9. The third-order valence-electron chi connectivity index (χ3n) is 22.0. The average Bonchev–Trinajstić information content (AvgIpc) is 0.727. The highest BCUT2D eigenvalue weighted by atomic mass is 16.7. The van der Waals surface area contributed by atoms with E-state index in [-0.39, 0.29) is 0 Å². The summed E-state index contributed by atoms with van der Waals surface area (Å²) in [6, 6.07) is 63.5. The van der Waals surface area contributed by atoms with Gasteiger partial charge in [0, 0.05) is 116 Å². The summed E-state index contributed by atoms with van der Waals surface area (Å²) in [6.07, 6.45) is -9.27. The van der Waals surface area contributed by atoms with Gasteiger partial charge in [-0.3, -0.25) is 57.5 Å². The van der Waals surface area contributed by atoms with E-state index in [1.54, 1.807) is 0 Å². The van der Waals surface area contributed by atoms with Crippen LogP contribution >= 0.6 is 0 Å². The first-order valence-corrected chi connectivity index (χ1v) is 45.7. The summed E-state index contributed by atoms with van der Waals surface area (Å²) in [7, 11) is 0. The van der Waals surface area contributed by atoms with E-state index in [9.17, 15) is 57.5 Å². The SMILES string of the molecule is CC(=O)OC1C(OC(C)=O)C(OC(C)=O)C(OC(C)=O)C(OC(C)=O)C1OC(C)=O.CC(=O)Oc1c(OC(C)=O)c(OC(C)=O)c(OC(C)=O)c(OC(C)=O)c1OC(C)=O.Cc1cc2c3cc(C)c(C)cc3c3cc(C)c(C)cc3c2cc1C.Cc1ccc(C#Cc2c(C#Cc3ccc(C)cc3)c(C#Cc3ccc(C)cc3)c(C#Cc3ccc(C)cc3)c(C#Cc3ccc(C)cc3)c2C#Cc2ccc(C)cc2)cc1. The maximum absolute atomic E-state index is 11.7. The summed E-state index contributed by atoms with van der Waals surface area (Å²) in [5.41, 5.74) is 24.3. The summed E-state index contributed by atoms with van der Waals surface area (Å²) in [6.45, 7) is 37.7. The molecule has 144 heavy (non-hydrogen) atoms. The smallest absolute Gasteiger partial charge is 0.308 e. The minimum atomic E-state index is -1.55. The molecule has 0 radical (unpaired) electrons. The predicted molar refractivity (Wildman–Crippen MR) is 544 cm³/mol. The fourth-order valence-electron chi connectivity index (χ4n) is 15.0. The highest BCUT2D eigenvalue weighted by Gasteiger charge is 2.61. The monoisotopic (exact) mass is 1930 g/mol. The van der Waals surface area contributed by atoms with E-state index >= 15 is 0 Å². The second-order valence-corrected chi connectivity index (χ2v) is 34.4. The summed E-state index contributed by atoms with van der Waals surface area (Å²) >= 11 is 0. The Hall–Kier alpha value is -17.6. The molecule has 0 bridgehead atoms. The number of aryl methyl sites for hydroxylation is 12. The Bertz CT molecular complexity index is 6280. The first-order chi connectivity index (χ1) is 68.2. The molecule has 12 aromatic rings. The third-order valence-corrected chi connectivity index (χ3v) is 22.0. The van der Waals surface area contributed by atoms with E-state index in [4.69, 9.17) is 56.8 Å². The maximum atomic E-state index is 11.7. The normalized spacial score (nSPS) is 13.8. The molecule has 0 saturated heterocycles. The van der Waals surface area contributed by atoms with Gasteiger partial charge >= 0.3 is 71.6 Å². The Morgan fingerprint density at radius 3 is 0.375 bits per heavy atom. The molecule has 12 aromatic carbocycles. The van der Waals surface area contributed by atoms with Gasteiger partial charge in [-0.2, -0.15) is 0 Å². The lowest BCUT2D eigenvalue weighted by Crippen LogP contribution is -2.68. The van der Waals surface area contributed by atoms with Crippen LogP contribution in [-0.2, 0) is 86.0 Å². The van der Waals surface area contributed by atoms with Crippen LogP contribution < -0.4 is 28.4 Å². The van der Waals surface area contributed by atoms with Crippen molar-refractivity contribution in [2.24, 2.45) is 0 Å². The molecular weight excluding hydrogens is 1830 g/mol. The quantitative estimate of drug-likeness (QED) is 0.0360. The molecule has 0 unspecified atom stereocenters. The molecule has 24 nitrogen and oxygen atoms in total. The van der Waals surface area contributed by atoms with Crippen LogP contribution in [0.2, 0.25) is 0 Å². The first kappa shape index (κ1) is 108. The molecule has 13 rings (SSSR count). The number of carbonyl (C=O) groups excluding carboxylic acids is 12. The van der Waals surface area contributed by atoms with Crippen LogP contribution in [0, 0.1) is 154 Å². The molecule has 0 atom stereocenters. The lowest BCUT2D eigenvalue weighted by Gasteiger charge is -2.46. The van der Waals surface area contributed by atoms with E-state index in [1.807, 2.05) is 72.8 Å². The van der Waals surface area contributed by atoms with Crippen molar-refractivity contribution in [3.8, 4) is 106 Å². The van der Waals surface area contributed by atoms with E-state index in [2.05, 4.69) is 263 Å². The van der Waals surface area contributed by atoms with Gasteiger partial charge in [-0.05, 0) is 222 Å². The standard InChI is InChI=1S/C60H42.C24H24.C18H24O12.C18H18O12/c1-43-7-19-49(20-8-43)31-37-55-56(38-32-50-21-9-44(2)10-22-50)58(40-34-52-25-13-46(4)14-26-52)60(42-36-54-29-17-48(6)18-30-54)59(41-35-53-27-15-47(5)16-28-53)57(55)39-33-51-23-11-45(3)12-24-51;1-13-7-19-20(8-14(13)2)22-10-16(4)18(6)12-24(22)23-11-17(5)15(3)9-21(19)23;2*1-7(19)25-13-14(26-8(2)20)16(28-10(4)22)18(30-12(6)24)17(29-11(5)23)15(13)27-9(3)21/h7-30H,1-6H3;7-12H,1-6H3;13-18H,1-6H3;1-6H3. The Balaban J connectivity index is 0.000000214. The third kappa shape index (κ3) is 29.7. The Kier molecular flexibility index (Phi) is 37.1. The molecule has 0 amide bonds. The zero-order chi connectivity index (χ0) is 105. The number of fused-ring (bicyclic) bond motifs is 6. The molecule has 0 N–H and O–H groups in total. The molecule has 0 aromatic heterocycles. The van der Waals surface area contributed by atoms with Crippen LogP contribution in [0.5, 0.6) is 34.5 Å². The van der Waals surface area contributed by atoms with Gasteiger partial charge in [0.25, 0.3) is 0 Å². The topological polar surface area (TPSA) is 316 Å². The van der Waals surface area contributed by atoms with Crippen LogP contribution in [0.4, 0.5) is 0 Å². The van der Waals surface area contributed by atoms with Crippen molar-refractivity contribution < 1.29 is 114 Å². The zero-order valence-electron chi connectivity index (χ0n) is 84.6. The molecule has 0 aliphatic heterocycles. The van der Waals surface area contributed by atoms with Gasteiger partial charge in [0.1, 0.15) is 0 Å². The van der Waals surface area contributed by atoms with Crippen molar-refractivity contribution >= 4 is 104 Å². The lowest BCUT2D eigenvalue weighted by molar-refractivity contribution is -0.259. The molecule has 1 fully saturated rings. The minimum Gasteiger partial charge on any atom is -0.454 e. The van der Waals surface area contributed by atoms with E-state index in [1.165, 1.54) is 65.7 Å². The van der Waals surface area contributed by atoms with Crippen LogP contribution in [0.25, 0.3) is 32.3 Å². The van der Waals surface area contributed by atoms with Crippen LogP contribution in [0.1, 0.15) is 217 Å². The molecule has 732 valence electrons. The predicted octanol–water partition coefficient (Wildman–Crippen LogP) is 19.8. The van der Waals surface area contributed by atoms with Gasteiger partial charge in [-0.25, -0.2) is 0 Å². The molecule has 24 heteroatoms. The van der Waals surface area contributed by atoms with Gasteiger partial charge in [0.15, 0.2) is 36.6 Å². The second kappa shape index (κ2) is 49.3. The molecule has 0 heterocycles. The number of hydrogen-bond donors (Lipinski definition) is 0. The minimum absolute atomic E-state index is 0.650. The second-order valence-electron chi connectivity index (χ2n) is 34.4. The number of carbonyl (C=O) groups is 12. The van der Waals surface area contributed by atoms with Gasteiger partial charge in [0.05, 0.1) is 33.4 Å². The van der Waals surface area contributed by atoms with Crippen molar-refractivity contribution in [1.82, 2.24) is 0 Å². The zero-order valence-corrected chi connectivity index (χ0v) is 84.6. The number of rotatable bonds is 12. The Morgan fingerprint density at radius 1 is 0.167 bits per heavy atom. The van der Waals surface area contributed by atoms with Crippen molar-refractivity contribution in [2.45, 2.75) is 203 Å². The first-order valence-electron chi connectivity index (χ1n) is 45.7. The average molecular weight is 1930 g/mol. The van der Waals surface area contributed by atoms with Crippen LogP contribution in [-0.4, -0.2) is 108 Å². The van der Waals surface area contributed by atoms with E-state index < -0.39 is 143 Å². The fourth-order valence-corrected chi connectivity index (χ4v) is 15.0. The number of esters is 12. The largest absolute Gasteiger partial charge is 0.454 e. The van der Waals surface area contributed by atoms with Crippen LogP contribution in [0.15, 0.2) is 182 Å². The summed E-state index contributed by atoms with van der Waals surface area (Å²) in [5.74, 6) is 26.7. The number of hydrogen-bond acceptors (Lipinski definition) is 24. The van der Waals surface area contributed by atoms with Gasteiger partial charge in [-0.15, -0.1) is 0 Å². The fraction of sp³-hybridized carbons (Fsp3) is 0.250. The highest BCUT2D eigenvalue weighted by molar-refractivity contribution is 6.26. The highest BCUT2D eigenvalue weighted by Crippen LogP contribution is 2.59. The van der Waals surface area contributed by atoms with Crippen molar-refractivity contribution in [3.63, 3.8) is 0 Å². The number of ether oxygens (including phenoxy) is 12.